The van der Waals surface area contributed by atoms with Crippen LogP contribution in [0.4, 0.5) is 14.3 Å². The van der Waals surface area contributed by atoms with Crippen molar-refractivity contribution in [3.63, 3.8) is 0 Å². The van der Waals surface area contributed by atoms with Crippen LogP contribution < -0.4 is 10.1 Å². The molecule has 0 radical (unpaired) electrons. The lowest BCUT2D eigenvalue weighted by atomic mass is 10.2. The zero-order chi connectivity index (χ0) is 33.8. The van der Waals surface area contributed by atoms with Crippen LogP contribution in [0.25, 0.3) is 6.08 Å². The highest BCUT2D eigenvalue weighted by molar-refractivity contribution is 7.15. The van der Waals surface area contributed by atoms with E-state index in [9.17, 15) is 14.0 Å². The van der Waals surface area contributed by atoms with Gasteiger partial charge in [-0.2, -0.15) is 0 Å². The second-order valence-electron chi connectivity index (χ2n) is 13.4. The number of unbranched alkanes of at least 4 members (excludes halogenated alkanes) is 1. The van der Waals surface area contributed by atoms with Gasteiger partial charge in [0.05, 0.1) is 13.7 Å². The van der Waals surface area contributed by atoms with Crippen molar-refractivity contribution >= 4 is 42.9 Å². The number of esters is 1. The van der Waals surface area contributed by atoms with Crippen molar-refractivity contribution in [2.75, 3.05) is 45.8 Å². The number of halogens is 1. The number of carbonyl (C=O) groups is 2. The second-order valence-corrected chi connectivity index (χ2v) is 19.3. The number of anilines is 1. The fourth-order valence-electron chi connectivity index (χ4n) is 3.73. The molecule has 9 nitrogen and oxygen atoms in total. The van der Waals surface area contributed by atoms with E-state index >= 15 is 0 Å². The van der Waals surface area contributed by atoms with Gasteiger partial charge in [0.1, 0.15) is 5.60 Å². The Morgan fingerprint density at radius 2 is 1.80 bits per heavy atom. The van der Waals surface area contributed by atoms with Crippen molar-refractivity contribution in [1.29, 1.82) is 0 Å². The highest BCUT2D eigenvalue weighted by Gasteiger charge is 2.36. The zero-order valence-electron chi connectivity index (χ0n) is 28.7. The third-order valence-electron chi connectivity index (χ3n) is 7.35. The molecular formula is C33H52FN3O6SSi. The van der Waals surface area contributed by atoms with Gasteiger partial charge in [0, 0.05) is 31.6 Å². The van der Waals surface area contributed by atoms with Crippen molar-refractivity contribution in [2.24, 2.45) is 0 Å². The minimum atomic E-state index is -1.74. The Morgan fingerprint density at radius 3 is 2.42 bits per heavy atom. The molecule has 0 aliphatic rings. The molecule has 0 saturated heterocycles. The van der Waals surface area contributed by atoms with Crippen LogP contribution in [0.15, 0.2) is 24.3 Å². The lowest BCUT2D eigenvalue weighted by Crippen LogP contribution is -2.41. The van der Waals surface area contributed by atoms with Crippen LogP contribution in [0.3, 0.4) is 0 Å². The van der Waals surface area contributed by atoms with Crippen LogP contribution in [-0.2, 0) is 20.3 Å². The smallest absolute Gasteiger partial charge is 0.410 e. The fraction of sp³-hybridized carbons (Fsp3) is 0.606. The zero-order valence-corrected chi connectivity index (χ0v) is 30.5. The van der Waals surface area contributed by atoms with Crippen molar-refractivity contribution < 1.29 is 32.6 Å². The van der Waals surface area contributed by atoms with E-state index in [-0.39, 0.29) is 17.4 Å². The number of nitrogens with one attached hydrogen (secondary N) is 1. The first kappa shape index (κ1) is 38.2. The Morgan fingerprint density at radius 1 is 1.09 bits per heavy atom. The Bertz CT molecular complexity index is 1290. The molecule has 1 heterocycles. The van der Waals surface area contributed by atoms with Crippen molar-refractivity contribution in [3.8, 4) is 5.75 Å². The molecule has 0 saturated carbocycles. The normalized spacial score (nSPS) is 12.3. The number of aromatic nitrogens is 1. The number of aryl methyl sites for hydroxylation is 1. The number of ether oxygens (including phenoxy) is 3. The highest BCUT2D eigenvalue weighted by Crippen LogP contribution is 2.36. The number of hydrogen-bond donors (Lipinski definition) is 1. The summed E-state index contributed by atoms with van der Waals surface area (Å²) < 4.78 is 36.9. The van der Waals surface area contributed by atoms with Gasteiger partial charge in [0.15, 0.2) is 30.7 Å². The monoisotopic (exact) mass is 665 g/mol. The molecule has 0 bridgehead atoms. The van der Waals surface area contributed by atoms with Crippen LogP contribution >= 0.6 is 11.3 Å². The van der Waals surface area contributed by atoms with E-state index in [1.165, 1.54) is 29.4 Å². The molecule has 0 aliphatic carbocycles. The van der Waals surface area contributed by atoms with E-state index in [2.05, 4.69) is 44.2 Å². The van der Waals surface area contributed by atoms with Crippen molar-refractivity contribution in [1.82, 2.24) is 9.88 Å². The minimum Gasteiger partial charge on any atom is -0.491 e. The lowest BCUT2D eigenvalue weighted by Gasteiger charge is -2.36. The minimum absolute atomic E-state index is 0.149. The molecule has 252 valence electrons. The first-order valence-corrected chi connectivity index (χ1v) is 19.1. The maximum Gasteiger partial charge on any atom is 0.410 e. The Hall–Kier alpha value is -2.96. The van der Waals surface area contributed by atoms with Crippen LogP contribution in [0.5, 0.6) is 5.75 Å². The number of carbonyl (C=O) groups excluding carboxylic acids is 2. The Labute approximate surface area is 273 Å². The van der Waals surface area contributed by atoms with E-state index in [1.54, 1.807) is 31.3 Å². The number of likely N-dealkylation sites (N-methyl/N-ethyl adjacent to an activating group) is 1. The number of rotatable bonds is 16. The Balaban J connectivity index is 1.83. The molecule has 0 atom stereocenters. The third-order valence-corrected chi connectivity index (χ3v) is 13.0. The summed E-state index contributed by atoms with van der Waals surface area (Å²) in [6.07, 6.45) is 6.05. The maximum atomic E-state index is 14.7. The molecule has 0 spiro atoms. The number of hydrogen-bond acceptors (Lipinski definition) is 9. The van der Waals surface area contributed by atoms with E-state index in [0.717, 1.165) is 30.9 Å². The summed E-state index contributed by atoms with van der Waals surface area (Å²) in [5.41, 5.74) is 0.373. The first-order valence-electron chi connectivity index (χ1n) is 15.4. The van der Waals surface area contributed by atoms with Gasteiger partial charge in [-0.1, -0.05) is 39.0 Å². The van der Waals surface area contributed by atoms with E-state index in [0.29, 0.717) is 35.8 Å². The molecule has 0 fully saturated rings. The highest BCUT2D eigenvalue weighted by atomic mass is 32.1. The average Bonchev–Trinajstić information content (AvgIpc) is 3.34. The number of thiazole rings is 1. The van der Waals surface area contributed by atoms with Gasteiger partial charge in [0.25, 0.3) is 0 Å². The van der Waals surface area contributed by atoms with E-state index in [1.807, 2.05) is 20.8 Å². The largest absolute Gasteiger partial charge is 0.491 e. The second kappa shape index (κ2) is 17.1. The summed E-state index contributed by atoms with van der Waals surface area (Å²) in [7, 11) is 1.24. The van der Waals surface area contributed by atoms with Gasteiger partial charge in [-0.15, -0.1) is 11.3 Å². The third kappa shape index (κ3) is 13.1. The molecule has 0 unspecified atom stereocenters. The molecule has 0 aliphatic heterocycles. The van der Waals surface area contributed by atoms with Crippen LogP contribution in [-0.4, -0.2) is 76.3 Å². The predicted molar refractivity (Wildman–Crippen MR) is 182 cm³/mol. The molecule has 1 N–H and O–H groups in total. The van der Waals surface area contributed by atoms with Gasteiger partial charge < -0.3 is 28.9 Å². The van der Waals surface area contributed by atoms with Crippen molar-refractivity contribution in [3.05, 3.63) is 46.2 Å². The standard InChI is InChI=1S/C33H52FN3O6SSi/c1-32(2,3)43-31(39)37(7)20-13-15-24-17-18-26(25(34)23-24)41-21-14-16-27-28(29(38)40-8)36-30(44-27)35-19-11-12-22-42-45(9,10)33(4,5)6/h13,15,17-18,23H,11-12,14,16,19-22H2,1-10H3,(H,35,36)/b15-13+. The molecule has 2 aromatic rings. The van der Waals surface area contributed by atoms with Gasteiger partial charge in [0.2, 0.25) is 0 Å². The lowest BCUT2D eigenvalue weighted by molar-refractivity contribution is 0.0317. The fourth-order valence-corrected chi connectivity index (χ4v) is 5.84. The van der Waals surface area contributed by atoms with Crippen LogP contribution in [0.1, 0.15) is 81.7 Å². The molecular weight excluding hydrogens is 614 g/mol. The number of benzene rings is 1. The summed E-state index contributed by atoms with van der Waals surface area (Å²) >= 11 is 1.42. The number of nitrogens with zero attached hydrogens (tertiary/aromatic N) is 2. The summed E-state index contributed by atoms with van der Waals surface area (Å²) in [6, 6.07) is 4.71. The summed E-state index contributed by atoms with van der Waals surface area (Å²) in [6.45, 7) is 18.7. The molecule has 1 aromatic heterocycles. The van der Waals surface area contributed by atoms with Gasteiger partial charge in [-0.25, -0.2) is 19.0 Å². The molecule has 1 amide bonds. The van der Waals surface area contributed by atoms with Gasteiger partial charge in [-0.05, 0) is 82.3 Å². The molecule has 2 rings (SSSR count). The maximum absolute atomic E-state index is 14.7. The summed E-state index contributed by atoms with van der Waals surface area (Å²) in [4.78, 5) is 31.1. The summed E-state index contributed by atoms with van der Waals surface area (Å²) in [5.74, 6) is -0.813. The molecule has 1 aromatic carbocycles. The number of amides is 1. The quantitative estimate of drug-likeness (QED) is 0.109. The SMILES string of the molecule is COC(=O)c1nc(NCCCCO[Si](C)(C)C(C)(C)C)sc1CCCOc1ccc(/C=C/CN(C)C(=O)OC(C)(C)C)cc1F. The van der Waals surface area contributed by atoms with E-state index < -0.39 is 31.8 Å². The topological polar surface area (TPSA) is 99.2 Å². The Kier molecular flexibility index (Phi) is 14.5. The van der Waals surface area contributed by atoms with Crippen molar-refractivity contribution in [2.45, 2.75) is 91.0 Å². The number of methoxy groups -OCH3 is 1. The van der Waals surface area contributed by atoms with Gasteiger partial charge >= 0.3 is 12.1 Å². The summed E-state index contributed by atoms with van der Waals surface area (Å²) in [5, 5.41) is 4.18. The van der Waals surface area contributed by atoms with Crippen LogP contribution in [0.2, 0.25) is 18.1 Å². The first-order chi connectivity index (χ1) is 20.9. The average molecular weight is 666 g/mol. The van der Waals surface area contributed by atoms with E-state index in [4.69, 9.17) is 18.6 Å². The molecule has 12 heteroatoms. The molecule has 45 heavy (non-hydrogen) atoms. The van der Waals surface area contributed by atoms with Crippen LogP contribution in [0, 0.1) is 5.82 Å². The predicted octanol–water partition coefficient (Wildman–Crippen LogP) is 8.17. The van der Waals surface area contributed by atoms with Gasteiger partial charge in [-0.3, -0.25) is 0 Å².